The van der Waals surface area contributed by atoms with E-state index in [0.29, 0.717) is 39.1 Å². The number of piperidine rings is 1. The van der Waals surface area contributed by atoms with E-state index in [1.165, 1.54) is 11.6 Å². The highest BCUT2D eigenvalue weighted by molar-refractivity contribution is 9.10. The molecule has 3 aromatic heterocycles. The van der Waals surface area contributed by atoms with Gasteiger partial charge in [0.05, 0.1) is 12.1 Å². The van der Waals surface area contributed by atoms with E-state index in [0.717, 1.165) is 17.5 Å². The maximum Gasteiger partial charge on any atom is 0.405 e. The molecule has 4 aromatic rings. The maximum atomic E-state index is 13.8. The van der Waals surface area contributed by atoms with Crippen molar-refractivity contribution in [1.82, 2.24) is 34.9 Å². The number of hydrogen-bond donors (Lipinski definition) is 3. The molecule has 226 valence electrons. The Kier molecular flexibility index (Phi) is 7.40. The number of amides is 3. The fourth-order valence-electron chi connectivity index (χ4n) is 5.89. The molecule has 13 nitrogen and oxygen atoms in total. The van der Waals surface area contributed by atoms with Gasteiger partial charge in [-0.3, -0.25) is 19.1 Å². The van der Waals surface area contributed by atoms with Crippen LogP contribution in [0.4, 0.5) is 10.6 Å². The van der Waals surface area contributed by atoms with Crippen LogP contribution in [0.15, 0.2) is 47.3 Å². The molecule has 44 heavy (non-hydrogen) atoms. The van der Waals surface area contributed by atoms with Crippen molar-refractivity contribution in [3.05, 3.63) is 64.4 Å². The van der Waals surface area contributed by atoms with Gasteiger partial charge in [-0.05, 0) is 70.4 Å². The minimum absolute atomic E-state index is 0.0238. The third kappa shape index (κ3) is 5.52. The summed E-state index contributed by atoms with van der Waals surface area (Å²) in [7, 11) is 0. The Hall–Kier alpha value is -4.72. The van der Waals surface area contributed by atoms with Gasteiger partial charge in [-0.2, -0.15) is 5.10 Å². The van der Waals surface area contributed by atoms with Crippen LogP contribution < -0.4 is 10.6 Å². The summed E-state index contributed by atoms with van der Waals surface area (Å²) in [4.78, 5) is 65.1. The third-order valence-corrected chi connectivity index (χ3v) is 8.78. The van der Waals surface area contributed by atoms with Gasteiger partial charge in [0.25, 0.3) is 0 Å². The molecular formula is C30H29BrN8O5. The molecule has 0 bridgehead atoms. The lowest BCUT2D eigenvalue weighted by molar-refractivity contribution is -0.138. The lowest BCUT2D eigenvalue weighted by atomic mass is 10.0. The number of anilines is 1. The first kappa shape index (κ1) is 29.4. The van der Waals surface area contributed by atoms with Crippen LogP contribution in [0.1, 0.15) is 48.6 Å². The highest BCUT2D eigenvalue weighted by Gasteiger charge is 2.64. The number of aryl methyl sites for hydroxylation is 1. The summed E-state index contributed by atoms with van der Waals surface area (Å²) >= 11 is 3.34. The molecule has 14 heteroatoms. The van der Waals surface area contributed by atoms with Gasteiger partial charge in [0.1, 0.15) is 34.5 Å². The first-order valence-corrected chi connectivity index (χ1v) is 14.8. The van der Waals surface area contributed by atoms with Crippen LogP contribution in [0.25, 0.3) is 22.0 Å². The summed E-state index contributed by atoms with van der Waals surface area (Å²) in [6.07, 6.45) is 3.36. The Morgan fingerprint density at radius 2 is 1.84 bits per heavy atom. The summed E-state index contributed by atoms with van der Waals surface area (Å²) in [5, 5.41) is 19.0. The van der Waals surface area contributed by atoms with Gasteiger partial charge in [-0.1, -0.05) is 19.1 Å². The van der Waals surface area contributed by atoms with E-state index < -0.39 is 12.1 Å². The Morgan fingerprint density at radius 1 is 1.09 bits per heavy atom. The molecule has 2 fully saturated rings. The third-order valence-electron chi connectivity index (χ3n) is 8.34. The Bertz CT molecular complexity index is 1840. The number of likely N-dealkylation sites (tertiary alicyclic amines) is 1. The Labute approximate surface area is 260 Å². The predicted molar refractivity (Wildman–Crippen MR) is 163 cm³/mol. The van der Waals surface area contributed by atoms with Gasteiger partial charge < -0.3 is 20.6 Å². The molecule has 1 saturated carbocycles. The molecule has 3 N–H and O–H groups in total. The van der Waals surface area contributed by atoms with Gasteiger partial charge in [-0.15, -0.1) is 0 Å². The van der Waals surface area contributed by atoms with Gasteiger partial charge >= 0.3 is 6.09 Å². The topological polar surface area (TPSA) is 172 Å². The van der Waals surface area contributed by atoms with Gasteiger partial charge in [-0.25, -0.2) is 19.7 Å². The molecule has 6 rings (SSSR count). The van der Waals surface area contributed by atoms with Crippen molar-refractivity contribution in [2.75, 3.05) is 5.32 Å². The van der Waals surface area contributed by atoms with E-state index in [1.54, 1.807) is 35.5 Å². The number of aromatic nitrogens is 5. The molecule has 4 heterocycles. The Morgan fingerprint density at radius 3 is 2.55 bits per heavy atom. The SMILES string of the molecule is CC(=O)c1nn(CC(=O)N2[C@H](C(=O)Nc3nc(Br)ccc3C)C[C@@]3(C)C[C@@H]23)c2ccc(-c3cnc(CNC(=O)O)nc3)cc12. The smallest absolute Gasteiger partial charge is 0.405 e. The normalized spacial score (nSPS) is 20.3. The van der Waals surface area contributed by atoms with Crippen LogP contribution in [-0.2, 0) is 22.7 Å². The van der Waals surface area contributed by atoms with E-state index in [9.17, 15) is 19.2 Å². The van der Waals surface area contributed by atoms with Crippen LogP contribution in [0.5, 0.6) is 0 Å². The summed E-state index contributed by atoms with van der Waals surface area (Å²) in [6.45, 7) is 5.20. The van der Waals surface area contributed by atoms with Crippen LogP contribution in [0.3, 0.4) is 0 Å². The monoisotopic (exact) mass is 660 g/mol. The molecule has 1 aliphatic carbocycles. The number of halogens is 1. The number of nitrogens with zero attached hydrogens (tertiary/aromatic N) is 6. The second-order valence-corrected chi connectivity index (χ2v) is 12.3. The standard InChI is InChI=1S/C30H29BrN8O5/c1-15-4-7-23(31)35-27(15)36-28(42)21-9-30(3)10-22(30)39(21)25(41)14-38-20-6-5-17(8-19(20)26(37-38)16(2)40)18-11-32-24(33-12-18)13-34-29(43)44/h4-8,11-12,21-22,34H,9-10,13-14H2,1-3H3,(H,43,44)(H,35,36,42)/t21-,22+,30-/m0/s1. The molecule has 1 aromatic carbocycles. The van der Waals surface area contributed by atoms with E-state index >= 15 is 0 Å². The van der Waals surface area contributed by atoms with Crippen molar-refractivity contribution >= 4 is 56.3 Å². The van der Waals surface area contributed by atoms with Crippen molar-refractivity contribution in [3.63, 3.8) is 0 Å². The van der Waals surface area contributed by atoms with E-state index in [4.69, 9.17) is 5.11 Å². The van der Waals surface area contributed by atoms with Crippen molar-refractivity contribution < 1.29 is 24.3 Å². The van der Waals surface area contributed by atoms with Crippen molar-refractivity contribution in [2.45, 2.75) is 58.8 Å². The molecule has 2 aliphatic rings. The van der Waals surface area contributed by atoms with E-state index in [-0.39, 0.29) is 47.8 Å². The summed E-state index contributed by atoms with van der Waals surface area (Å²) < 4.78 is 2.11. The largest absolute Gasteiger partial charge is 0.465 e. The molecule has 1 aliphatic heterocycles. The second-order valence-electron chi connectivity index (χ2n) is 11.5. The number of carbonyl (C=O) groups is 4. The van der Waals surface area contributed by atoms with Crippen LogP contribution >= 0.6 is 15.9 Å². The summed E-state index contributed by atoms with van der Waals surface area (Å²) in [6, 6.07) is 8.36. The van der Waals surface area contributed by atoms with Gasteiger partial charge in [0, 0.05) is 36.3 Å². The number of ketones is 1. The number of carbonyl (C=O) groups excluding carboxylic acids is 3. The van der Waals surface area contributed by atoms with Crippen LogP contribution in [-0.4, -0.2) is 70.5 Å². The average molecular weight is 662 g/mol. The first-order valence-electron chi connectivity index (χ1n) is 14.0. The predicted octanol–water partition coefficient (Wildman–Crippen LogP) is 3.95. The molecule has 3 amide bonds. The number of pyridine rings is 1. The van der Waals surface area contributed by atoms with E-state index in [2.05, 4.69) is 53.5 Å². The molecule has 3 atom stereocenters. The van der Waals surface area contributed by atoms with Crippen LogP contribution in [0.2, 0.25) is 0 Å². The highest BCUT2D eigenvalue weighted by Crippen LogP contribution is 2.59. The number of nitrogens with one attached hydrogen (secondary N) is 2. The van der Waals surface area contributed by atoms with Crippen molar-refractivity contribution in [3.8, 4) is 11.1 Å². The minimum atomic E-state index is -1.17. The summed E-state index contributed by atoms with van der Waals surface area (Å²) in [5.74, 6) is -0.0319. The zero-order valence-electron chi connectivity index (χ0n) is 24.2. The second kappa shape index (κ2) is 11.1. The fraction of sp³-hybridized carbons (Fsp3) is 0.333. The van der Waals surface area contributed by atoms with Crippen molar-refractivity contribution in [2.24, 2.45) is 5.41 Å². The quantitative estimate of drug-likeness (QED) is 0.187. The van der Waals surface area contributed by atoms with E-state index in [1.807, 2.05) is 19.1 Å². The Balaban J connectivity index is 1.25. The summed E-state index contributed by atoms with van der Waals surface area (Å²) in [5.41, 5.74) is 2.91. The fourth-order valence-corrected chi connectivity index (χ4v) is 6.20. The molecule has 0 unspecified atom stereocenters. The number of hydrogen-bond acceptors (Lipinski definition) is 8. The van der Waals surface area contributed by atoms with Crippen molar-refractivity contribution in [1.29, 1.82) is 0 Å². The molecule has 1 saturated heterocycles. The number of fused-ring (bicyclic) bond motifs is 2. The zero-order chi connectivity index (χ0) is 31.3. The number of Topliss-reactive ketones (excluding diaryl/α,β-unsaturated/α-hetero) is 1. The lowest BCUT2D eigenvalue weighted by Crippen LogP contribution is -2.47. The zero-order valence-corrected chi connectivity index (χ0v) is 25.8. The number of rotatable bonds is 8. The maximum absolute atomic E-state index is 13.8. The molecule has 0 spiro atoms. The average Bonchev–Trinajstić information content (AvgIpc) is 3.35. The number of benzene rings is 1. The molecular weight excluding hydrogens is 632 g/mol. The van der Waals surface area contributed by atoms with Gasteiger partial charge in [0.2, 0.25) is 11.8 Å². The van der Waals surface area contributed by atoms with Gasteiger partial charge in [0.15, 0.2) is 5.78 Å². The minimum Gasteiger partial charge on any atom is -0.465 e. The lowest BCUT2D eigenvalue weighted by Gasteiger charge is -2.27. The number of carboxylic acid groups (broad SMARTS) is 1. The highest BCUT2D eigenvalue weighted by atomic mass is 79.9. The first-order chi connectivity index (χ1) is 20.9. The molecule has 0 radical (unpaired) electrons. The van der Waals surface area contributed by atoms with Crippen LogP contribution in [0, 0.1) is 12.3 Å².